The Balaban J connectivity index is 1.87. The predicted octanol–water partition coefficient (Wildman–Crippen LogP) is 3.40. The fourth-order valence-electron chi connectivity index (χ4n) is 3.61. The van der Waals surface area contributed by atoms with Crippen molar-refractivity contribution < 1.29 is 22.3 Å². The van der Waals surface area contributed by atoms with E-state index in [1.54, 1.807) is 13.2 Å². The predicted molar refractivity (Wildman–Crippen MR) is 112 cm³/mol. The SMILES string of the molecule is CCOCCCN=C(NCCc1ccco1)N1CCC(CN(CC)CC(F)(F)F)C1. The van der Waals surface area contributed by atoms with Gasteiger partial charge in [-0.15, -0.1) is 0 Å². The minimum atomic E-state index is -4.16. The molecule has 1 aromatic rings. The fraction of sp³-hybridized carbons (Fsp3) is 0.762. The molecule has 0 bridgehead atoms. The van der Waals surface area contributed by atoms with Gasteiger partial charge in [0.25, 0.3) is 0 Å². The van der Waals surface area contributed by atoms with Crippen LogP contribution >= 0.6 is 0 Å². The first-order chi connectivity index (χ1) is 14.4. The molecule has 1 aliphatic rings. The van der Waals surface area contributed by atoms with E-state index >= 15 is 0 Å². The highest BCUT2D eigenvalue weighted by Crippen LogP contribution is 2.21. The van der Waals surface area contributed by atoms with Gasteiger partial charge >= 0.3 is 6.18 Å². The van der Waals surface area contributed by atoms with Gasteiger partial charge in [-0.05, 0) is 44.4 Å². The first-order valence-corrected chi connectivity index (χ1v) is 10.8. The molecule has 30 heavy (non-hydrogen) atoms. The van der Waals surface area contributed by atoms with Gasteiger partial charge in [-0.25, -0.2) is 0 Å². The number of rotatable bonds is 12. The minimum absolute atomic E-state index is 0.202. The average molecular weight is 433 g/mol. The molecule has 1 unspecified atom stereocenters. The summed E-state index contributed by atoms with van der Waals surface area (Å²) in [5.74, 6) is 1.93. The molecule has 0 amide bonds. The molecule has 0 radical (unpaired) electrons. The number of ether oxygens (including phenoxy) is 1. The van der Waals surface area contributed by atoms with Crippen LogP contribution in [0.25, 0.3) is 0 Å². The van der Waals surface area contributed by atoms with E-state index in [4.69, 9.17) is 14.1 Å². The average Bonchev–Trinajstić information content (AvgIpc) is 3.37. The lowest BCUT2D eigenvalue weighted by atomic mass is 10.1. The highest BCUT2D eigenvalue weighted by molar-refractivity contribution is 5.80. The molecule has 6 nitrogen and oxygen atoms in total. The second-order valence-electron chi connectivity index (χ2n) is 7.56. The van der Waals surface area contributed by atoms with E-state index in [1.807, 2.05) is 19.1 Å². The maximum absolute atomic E-state index is 12.8. The number of alkyl halides is 3. The molecule has 0 aromatic carbocycles. The number of likely N-dealkylation sites (tertiary alicyclic amines) is 1. The van der Waals surface area contributed by atoms with Crippen molar-refractivity contribution in [3.8, 4) is 0 Å². The molecule has 1 aliphatic heterocycles. The summed E-state index contributed by atoms with van der Waals surface area (Å²) in [6.07, 6.45) is -0.0499. The number of guanidine groups is 1. The Morgan fingerprint density at radius 1 is 1.40 bits per heavy atom. The summed E-state index contributed by atoms with van der Waals surface area (Å²) in [7, 11) is 0. The zero-order valence-corrected chi connectivity index (χ0v) is 18.1. The number of furan rings is 1. The van der Waals surface area contributed by atoms with Gasteiger partial charge in [-0.1, -0.05) is 6.92 Å². The molecule has 172 valence electrons. The summed E-state index contributed by atoms with van der Waals surface area (Å²) in [4.78, 5) is 8.36. The standard InChI is InChI=1S/C21H35F3N4O2/c1-3-27(17-21(22,23)24)15-18-9-12-28(16-18)20(25-10-6-13-29-4-2)26-11-8-19-7-5-14-30-19/h5,7,14,18H,3-4,6,8-13,15-17H2,1-2H3,(H,25,26). The smallest absolute Gasteiger partial charge is 0.401 e. The van der Waals surface area contributed by atoms with Gasteiger partial charge in [0.15, 0.2) is 5.96 Å². The zero-order chi connectivity index (χ0) is 21.8. The minimum Gasteiger partial charge on any atom is -0.469 e. The molecular weight excluding hydrogens is 397 g/mol. The van der Waals surface area contributed by atoms with Gasteiger partial charge in [-0.2, -0.15) is 13.2 Å². The second kappa shape index (κ2) is 12.8. The summed E-state index contributed by atoms with van der Waals surface area (Å²) in [6, 6.07) is 3.80. The molecule has 0 spiro atoms. The number of hydrogen-bond donors (Lipinski definition) is 1. The van der Waals surface area contributed by atoms with E-state index in [9.17, 15) is 13.2 Å². The summed E-state index contributed by atoms with van der Waals surface area (Å²) < 4.78 is 49.0. The van der Waals surface area contributed by atoms with Crippen LogP contribution in [0, 0.1) is 5.92 Å². The molecule has 1 fully saturated rings. The first-order valence-electron chi connectivity index (χ1n) is 10.8. The van der Waals surface area contributed by atoms with E-state index in [0.717, 1.165) is 37.5 Å². The largest absolute Gasteiger partial charge is 0.469 e. The number of nitrogens with zero attached hydrogens (tertiary/aromatic N) is 3. The van der Waals surface area contributed by atoms with Crippen molar-refractivity contribution in [1.82, 2.24) is 15.1 Å². The number of aliphatic imine (C=N–C) groups is 1. The van der Waals surface area contributed by atoms with Gasteiger partial charge in [0.1, 0.15) is 5.76 Å². The fourth-order valence-corrected chi connectivity index (χ4v) is 3.61. The Labute approximate surface area is 177 Å². The third-order valence-corrected chi connectivity index (χ3v) is 5.10. The number of nitrogens with one attached hydrogen (secondary N) is 1. The molecule has 2 heterocycles. The van der Waals surface area contributed by atoms with Crippen molar-refractivity contribution in [1.29, 1.82) is 0 Å². The third-order valence-electron chi connectivity index (χ3n) is 5.10. The van der Waals surface area contributed by atoms with Crippen LogP contribution < -0.4 is 5.32 Å². The second-order valence-corrected chi connectivity index (χ2v) is 7.56. The van der Waals surface area contributed by atoms with Gasteiger partial charge < -0.3 is 19.4 Å². The molecular formula is C21H35F3N4O2. The summed E-state index contributed by atoms with van der Waals surface area (Å²) in [6.45, 7) is 7.97. The lowest BCUT2D eigenvalue weighted by Gasteiger charge is -2.26. The maximum Gasteiger partial charge on any atom is 0.401 e. The van der Waals surface area contributed by atoms with Gasteiger partial charge in [-0.3, -0.25) is 9.89 Å². The molecule has 1 N–H and O–H groups in total. The highest BCUT2D eigenvalue weighted by atomic mass is 19.4. The van der Waals surface area contributed by atoms with Crippen molar-refractivity contribution in [2.45, 2.75) is 39.3 Å². The summed E-state index contributed by atoms with van der Waals surface area (Å²) >= 11 is 0. The Hall–Kier alpha value is -1.74. The van der Waals surface area contributed by atoms with Crippen molar-refractivity contribution in [3.63, 3.8) is 0 Å². The van der Waals surface area contributed by atoms with E-state index < -0.39 is 12.7 Å². The Morgan fingerprint density at radius 2 is 2.23 bits per heavy atom. The third kappa shape index (κ3) is 9.38. The molecule has 1 aromatic heterocycles. The number of hydrogen-bond acceptors (Lipinski definition) is 4. The van der Waals surface area contributed by atoms with E-state index in [0.29, 0.717) is 45.9 Å². The van der Waals surface area contributed by atoms with Crippen molar-refractivity contribution >= 4 is 5.96 Å². The maximum atomic E-state index is 12.8. The molecule has 1 saturated heterocycles. The molecule has 9 heteroatoms. The Morgan fingerprint density at radius 3 is 2.90 bits per heavy atom. The molecule has 0 saturated carbocycles. The molecule has 2 rings (SSSR count). The highest BCUT2D eigenvalue weighted by Gasteiger charge is 2.33. The normalized spacial score (nSPS) is 17.9. The lowest BCUT2D eigenvalue weighted by Crippen LogP contribution is -2.42. The number of halogens is 3. The first kappa shape index (κ1) is 24.5. The van der Waals surface area contributed by atoms with Crippen LogP contribution in [0.5, 0.6) is 0 Å². The van der Waals surface area contributed by atoms with Crippen LogP contribution in [0.2, 0.25) is 0 Å². The lowest BCUT2D eigenvalue weighted by molar-refractivity contribution is -0.146. The van der Waals surface area contributed by atoms with Gasteiger partial charge in [0.2, 0.25) is 0 Å². The van der Waals surface area contributed by atoms with Crippen LogP contribution in [-0.4, -0.2) is 81.0 Å². The van der Waals surface area contributed by atoms with Crippen molar-refractivity contribution in [3.05, 3.63) is 24.2 Å². The van der Waals surface area contributed by atoms with E-state index in [1.165, 1.54) is 4.90 Å². The molecule has 1 atom stereocenters. The van der Waals surface area contributed by atoms with Crippen LogP contribution in [0.15, 0.2) is 27.8 Å². The summed E-state index contributed by atoms with van der Waals surface area (Å²) in [5, 5.41) is 3.40. The van der Waals surface area contributed by atoms with Crippen LogP contribution in [0.3, 0.4) is 0 Å². The quantitative estimate of drug-likeness (QED) is 0.312. The Bertz CT molecular complexity index is 608. The van der Waals surface area contributed by atoms with E-state index in [2.05, 4.69) is 10.2 Å². The Kier molecular flexibility index (Phi) is 10.5. The van der Waals surface area contributed by atoms with Crippen molar-refractivity contribution in [2.75, 3.05) is 59.0 Å². The topological polar surface area (TPSA) is 53.2 Å². The summed E-state index contributed by atoms with van der Waals surface area (Å²) in [5.41, 5.74) is 0. The zero-order valence-electron chi connectivity index (χ0n) is 18.1. The molecule has 0 aliphatic carbocycles. The van der Waals surface area contributed by atoms with Crippen molar-refractivity contribution in [2.24, 2.45) is 10.9 Å². The van der Waals surface area contributed by atoms with E-state index in [-0.39, 0.29) is 5.92 Å². The van der Waals surface area contributed by atoms with Gasteiger partial charge in [0, 0.05) is 52.4 Å². The van der Waals surface area contributed by atoms with Crippen LogP contribution in [0.1, 0.15) is 32.4 Å². The van der Waals surface area contributed by atoms with Crippen LogP contribution in [0.4, 0.5) is 13.2 Å². The van der Waals surface area contributed by atoms with Crippen LogP contribution in [-0.2, 0) is 11.2 Å². The van der Waals surface area contributed by atoms with Gasteiger partial charge in [0.05, 0.1) is 12.8 Å². The monoisotopic (exact) mass is 432 g/mol.